The lowest BCUT2D eigenvalue weighted by atomic mass is 9.77. The van der Waals surface area contributed by atoms with E-state index in [1.54, 1.807) is 0 Å². The van der Waals surface area contributed by atoms with Crippen molar-refractivity contribution in [2.75, 3.05) is 7.05 Å². The van der Waals surface area contributed by atoms with Crippen molar-refractivity contribution in [3.8, 4) is 0 Å². The number of nitrogens with zero attached hydrogens (tertiary/aromatic N) is 1. The van der Waals surface area contributed by atoms with Crippen LogP contribution in [-0.4, -0.2) is 30.2 Å². The Balaban J connectivity index is 2.91. The number of hydrogen-bond donors (Lipinski definition) is 2. The minimum absolute atomic E-state index is 0.00824. The molecule has 5 nitrogen and oxygen atoms in total. The van der Waals surface area contributed by atoms with Crippen molar-refractivity contribution in [1.29, 1.82) is 0 Å². The molecule has 0 atom stereocenters. The number of carbonyl (C=O) groups excluding carboxylic acids is 2. The number of carbonyl (C=O) groups is 2. The molecule has 0 aromatic heterocycles. The number of aliphatic hydroxyl groups excluding tert-OH is 1. The molecule has 16 heavy (non-hydrogen) atoms. The van der Waals surface area contributed by atoms with Crippen LogP contribution in [0.25, 0.3) is 0 Å². The molecule has 0 saturated heterocycles. The molecule has 1 rings (SSSR count). The minimum atomic E-state index is -0.544. The Morgan fingerprint density at radius 1 is 1.50 bits per heavy atom. The fraction of sp³-hybridized carbons (Fsp3) is 0.545. The molecule has 0 radical (unpaired) electrons. The highest BCUT2D eigenvalue weighted by molar-refractivity contribution is 6.16. The number of aliphatic hydroxyl groups is 1. The third kappa shape index (κ3) is 2.92. The van der Waals surface area contributed by atoms with Crippen LogP contribution in [-0.2, 0) is 4.79 Å². The van der Waals surface area contributed by atoms with Crippen LogP contribution >= 0.6 is 0 Å². The molecule has 0 saturated carbocycles. The molecule has 5 heteroatoms. The van der Waals surface area contributed by atoms with Crippen LogP contribution in [0.3, 0.4) is 0 Å². The lowest BCUT2D eigenvalue weighted by Crippen LogP contribution is -2.26. The van der Waals surface area contributed by atoms with E-state index in [4.69, 9.17) is 0 Å². The molecule has 0 unspecified atom stereocenters. The molecule has 1 aliphatic carbocycles. The van der Waals surface area contributed by atoms with Gasteiger partial charge in [-0.2, -0.15) is 0 Å². The van der Waals surface area contributed by atoms with Crippen LogP contribution in [0.1, 0.15) is 26.7 Å². The van der Waals surface area contributed by atoms with Gasteiger partial charge >= 0.3 is 6.03 Å². The highest BCUT2D eigenvalue weighted by atomic mass is 16.3. The Hall–Kier alpha value is -1.65. The van der Waals surface area contributed by atoms with Gasteiger partial charge in [-0.1, -0.05) is 13.8 Å². The van der Waals surface area contributed by atoms with Gasteiger partial charge in [0.25, 0.3) is 0 Å². The van der Waals surface area contributed by atoms with Crippen LogP contribution in [0.4, 0.5) is 4.79 Å². The Kier molecular flexibility index (Phi) is 3.47. The SMILES string of the molecule is CNC(=O)/N=C/C1=C(O)CC(C)(C)CC1=O. The lowest BCUT2D eigenvalue weighted by Gasteiger charge is -2.28. The molecule has 0 bridgehead atoms. The minimum Gasteiger partial charge on any atom is -0.511 e. The average molecular weight is 224 g/mol. The second kappa shape index (κ2) is 4.47. The van der Waals surface area contributed by atoms with Crippen molar-refractivity contribution in [3.63, 3.8) is 0 Å². The highest BCUT2D eigenvalue weighted by Crippen LogP contribution is 2.34. The Labute approximate surface area is 94.3 Å². The lowest BCUT2D eigenvalue weighted by molar-refractivity contribution is -0.117. The maximum atomic E-state index is 11.7. The second-order valence-corrected chi connectivity index (χ2v) is 4.61. The smallest absolute Gasteiger partial charge is 0.340 e. The summed E-state index contributed by atoms with van der Waals surface area (Å²) in [5.41, 5.74) is -0.0890. The molecule has 0 aromatic rings. The van der Waals surface area contributed by atoms with Crippen molar-refractivity contribution in [2.45, 2.75) is 26.7 Å². The Morgan fingerprint density at radius 2 is 2.12 bits per heavy atom. The molecule has 2 amide bonds. The van der Waals surface area contributed by atoms with Crippen molar-refractivity contribution in [3.05, 3.63) is 11.3 Å². The maximum Gasteiger partial charge on any atom is 0.340 e. The Bertz CT molecular complexity index is 381. The van der Waals surface area contributed by atoms with Gasteiger partial charge in [0.2, 0.25) is 0 Å². The molecule has 88 valence electrons. The van der Waals surface area contributed by atoms with Crippen molar-refractivity contribution in [1.82, 2.24) is 5.32 Å². The first-order chi connectivity index (χ1) is 7.35. The van der Waals surface area contributed by atoms with E-state index in [-0.39, 0.29) is 22.5 Å². The zero-order valence-electron chi connectivity index (χ0n) is 9.70. The highest BCUT2D eigenvalue weighted by Gasteiger charge is 2.32. The van der Waals surface area contributed by atoms with E-state index in [0.29, 0.717) is 12.8 Å². The standard InChI is InChI=1S/C11H16N2O3/c1-11(2)4-8(14)7(9(15)5-11)6-13-10(16)12-3/h6,14H,4-5H2,1-3H3,(H,12,16)/b13-6+. The summed E-state index contributed by atoms with van der Waals surface area (Å²) in [4.78, 5) is 26.1. The van der Waals surface area contributed by atoms with Gasteiger partial charge in [-0.05, 0) is 5.41 Å². The monoisotopic (exact) mass is 224 g/mol. The molecule has 0 fully saturated rings. The van der Waals surface area contributed by atoms with Gasteiger partial charge in [-0.15, -0.1) is 0 Å². The van der Waals surface area contributed by atoms with Gasteiger partial charge in [0.15, 0.2) is 5.78 Å². The van der Waals surface area contributed by atoms with Gasteiger partial charge in [-0.25, -0.2) is 9.79 Å². The van der Waals surface area contributed by atoms with Gasteiger partial charge < -0.3 is 10.4 Å². The summed E-state index contributed by atoms with van der Waals surface area (Å²) in [6, 6.07) is -0.544. The van der Waals surface area contributed by atoms with Crippen LogP contribution in [0.5, 0.6) is 0 Å². The van der Waals surface area contributed by atoms with Crippen molar-refractivity contribution >= 4 is 18.0 Å². The number of hydrogen-bond acceptors (Lipinski definition) is 3. The molecule has 0 aromatic carbocycles. The molecule has 2 N–H and O–H groups in total. The molecular weight excluding hydrogens is 208 g/mol. The first-order valence-electron chi connectivity index (χ1n) is 5.07. The van der Waals surface area contributed by atoms with E-state index < -0.39 is 6.03 Å². The van der Waals surface area contributed by atoms with E-state index in [9.17, 15) is 14.7 Å². The van der Waals surface area contributed by atoms with E-state index in [1.165, 1.54) is 7.05 Å². The number of allylic oxidation sites excluding steroid dienone is 2. The summed E-state index contributed by atoms with van der Waals surface area (Å²) in [7, 11) is 1.44. The summed E-state index contributed by atoms with van der Waals surface area (Å²) < 4.78 is 0. The van der Waals surface area contributed by atoms with Crippen LogP contribution in [0, 0.1) is 5.41 Å². The predicted molar refractivity (Wildman–Crippen MR) is 60.6 cm³/mol. The third-order valence-corrected chi connectivity index (χ3v) is 2.42. The summed E-state index contributed by atoms with van der Waals surface area (Å²) in [5, 5.41) is 12.0. The van der Waals surface area contributed by atoms with Gasteiger partial charge in [0.1, 0.15) is 5.76 Å². The summed E-state index contributed by atoms with van der Waals surface area (Å²) >= 11 is 0. The first kappa shape index (κ1) is 12.4. The van der Waals surface area contributed by atoms with E-state index in [0.717, 1.165) is 6.21 Å². The number of ketones is 1. The predicted octanol–water partition coefficient (Wildman–Crippen LogP) is 1.60. The number of rotatable bonds is 1. The van der Waals surface area contributed by atoms with Gasteiger partial charge in [0.05, 0.1) is 5.57 Å². The zero-order valence-corrected chi connectivity index (χ0v) is 9.70. The fourth-order valence-electron chi connectivity index (χ4n) is 1.64. The largest absolute Gasteiger partial charge is 0.511 e. The summed E-state index contributed by atoms with van der Waals surface area (Å²) in [5.74, 6) is -0.171. The number of amides is 2. The zero-order chi connectivity index (χ0) is 12.3. The maximum absolute atomic E-state index is 11.7. The average Bonchev–Trinajstić information content (AvgIpc) is 2.14. The van der Waals surface area contributed by atoms with E-state index >= 15 is 0 Å². The molecule has 0 heterocycles. The third-order valence-electron chi connectivity index (χ3n) is 2.42. The topological polar surface area (TPSA) is 78.8 Å². The first-order valence-corrected chi connectivity index (χ1v) is 5.07. The second-order valence-electron chi connectivity index (χ2n) is 4.61. The number of urea groups is 1. The summed E-state index contributed by atoms with van der Waals surface area (Å²) in [6.07, 6.45) is 1.91. The molecule has 0 spiro atoms. The number of aliphatic imine (C=N–C) groups is 1. The normalized spacial score (nSPS) is 20.3. The molecule has 0 aliphatic heterocycles. The van der Waals surface area contributed by atoms with Crippen LogP contribution in [0.15, 0.2) is 16.3 Å². The Morgan fingerprint density at radius 3 is 2.62 bits per heavy atom. The number of nitrogens with one attached hydrogen (secondary N) is 1. The van der Waals surface area contributed by atoms with Gasteiger partial charge in [0, 0.05) is 26.1 Å². The van der Waals surface area contributed by atoms with E-state index in [1.807, 2.05) is 13.8 Å². The summed E-state index contributed by atoms with van der Waals surface area (Å²) in [6.45, 7) is 3.82. The molecule has 1 aliphatic rings. The van der Waals surface area contributed by atoms with Crippen molar-refractivity contribution < 1.29 is 14.7 Å². The van der Waals surface area contributed by atoms with E-state index in [2.05, 4.69) is 10.3 Å². The molecular formula is C11H16N2O3. The van der Waals surface area contributed by atoms with Crippen LogP contribution in [0.2, 0.25) is 0 Å². The van der Waals surface area contributed by atoms with Gasteiger partial charge in [-0.3, -0.25) is 4.79 Å². The number of Topliss-reactive ketones (excluding diaryl/α,β-unsaturated/α-hetero) is 1. The van der Waals surface area contributed by atoms with Crippen molar-refractivity contribution in [2.24, 2.45) is 10.4 Å². The fourth-order valence-corrected chi connectivity index (χ4v) is 1.64. The van der Waals surface area contributed by atoms with Crippen LogP contribution < -0.4 is 5.32 Å². The quantitative estimate of drug-likeness (QED) is 0.664.